The summed E-state index contributed by atoms with van der Waals surface area (Å²) < 4.78 is 27.2. The summed E-state index contributed by atoms with van der Waals surface area (Å²) in [5.41, 5.74) is -1.24. The van der Waals surface area contributed by atoms with Gasteiger partial charge in [-0.2, -0.15) is 0 Å². The van der Waals surface area contributed by atoms with E-state index in [1.807, 2.05) is 0 Å². The number of hydrogen-bond acceptors (Lipinski definition) is 3. The van der Waals surface area contributed by atoms with E-state index in [1.54, 1.807) is 0 Å². The Balaban J connectivity index is 1.72. The predicted molar refractivity (Wildman–Crippen MR) is 82.1 cm³/mol. The van der Waals surface area contributed by atoms with Gasteiger partial charge in [0.05, 0.1) is 17.7 Å². The van der Waals surface area contributed by atoms with Crippen molar-refractivity contribution >= 4 is 5.91 Å². The molecule has 0 aliphatic carbocycles. The maximum Gasteiger partial charge on any atom is 0.257 e. The van der Waals surface area contributed by atoms with Crippen molar-refractivity contribution in [3.8, 4) is 0 Å². The zero-order valence-electron chi connectivity index (χ0n) is 13.1. The Kier molecular flexibility index (Phi) is 4.64. The zero-order valence-corrected chi connectivity index (χ0v) is 13.1. The number of carbonyl (C=O) groups excluding carboxylic acids is 1. The molecular weight excluding hydrogens is 302 g/mol. The third kappa shape index (κ3) is 3.53. The monoisotopic (exact) mass is 324 g/mol. The molecule has 0 aromatic heterocycles. The number of halogens is 2. The van der Waals surface area contributed by atoms with E-state index in [1.165, 1.54) is 17.0 Å². The third-order valence-corrected chi connectivity index (χ3v) is 4.74. The van der Waals surface area contributed by atoms with Crippen LogP contribution in [0.1, 0.15) is 36.0 Å². The minimum Gasteiger partial charge on any atom is -0.387 e. The lowest BCUT2D eigenvalue weighted by molar-refractivity contribution is -0.0432. The van der Waals surface area contributed by atoms with Gasteiger partial charge < -0.3 is 14.9 Å². The molecule has 1 N–H and O–H groups in total. The molecular formula is C17H22F2N2O2. The van der Waals surface area contributed by atoms with Gasteiger partial charge in [0.15, 0.2) is 11.6 Å². The lowest BCUT2D eigenvalue weighted by Gasteiger charge is -2.41. The van der Waals surface area contributed by atoms with Crippen LogP contribution in [0.25, 0.3) is 0 Å². The number of aliphatic hydroxyl groups is 1. The number of piperidine rings is 1. The van der Waals surface area contributed by atoms with Crippen molar-refractivity contribution < 1.29 is 18.7 Å². The molecule has 1 aromatic rings. The molecule has 126 valence electrons. The predicted octanol–water partition coefficient (Wildman–Crippen LogP) is 2.03. The number of β-amino-alcohol motifs (C(OH)–C–C–N with tert-alkyl or cyclic N) is 1. The van der Waals surface area contributed by atoms with Gasteiger partial charge in [-0.05, 0) is 50.9 Å². The van der Waals surface area contributed by atoms with E-state index in [-0.39, 0.29) is 12.1 Å². The minimum absolute atomic E-state index is 0.165. The number of benzene rings is 1. The molecule has 1 aromatic carbocycles. The van der Waals surface area contributed by atoms with Crippen LogP contribution in [0, 0.1) is 11.6 Å². The first-order chi connectivity index (χ1) is 11.0. The van der Waals surface area contributed by atoms with Gasteiger partial charge in [-0.15, -0.1) is 0 Å². The second kappa shape index (κ2) is 6.53. The van der Waals surface area contributed by atoms with Crippen molar-refractivity contribution in [2.45, 2.75) is 31.3 Å². The Morgan fingerprint density at radius 1 is 1.17 bits per heavy atom. The highest BCUT2D eigenvalue weighted by Gasteiger charge is 2.38. The van der Waals surface area contributed by atoms with Crippen LogP contribution >= 0.6 is 0 Å². The first-order valence-electron chi connectivity index (χ1n) is 8.17. The Labute approximate surface area is 134 Å². The van der Waals surface area contributed by atoms with Gasteiger partial charge in [0, 0.05) is 13.1 Å². The topological polar surface area (TPSA) is 43.8 Å². The molecule has 3 rings (SSSR count). The van der Waals surface area contributed by atoms with Crippen molar-refractivity contribution in [1.29, 1.82) is 0 Å². The summed E-state index contributed by atoms with van der Waals surface area (Å²) in [6, 6.07) is 3.60. The number of hydrogen-bond donors (Lipinski definition) is 1. The van der Waals surface area contributed by atoms with Gasteiger partial charge in [0.25, 0.3) is 5.91 Å². The number of likely N-dealkylation sites (tertiary alicyclic amines) is 2. The smallest absolute Gasteiger partial charge is 0.257 e. The number of nitrogens with zero attached hydrogens (tertiary/aromatic N) is 2. The lowest BCUT2D eigenvalue weighted by Crippen LogP contribution is -2.55. The SMILES string of the molecule is O=C(c1cccc(F)c1F)N1CCC[C@](O)(CN2CCCC2)C1. The van der Waals surface area contributed by atoms with E-state index in [4.69, 9.17) is 0 Å². The molecule has 23 heavy (non-hydrogen) atoms. The quantitative estimate of drug-likeness (QED) is 0.925. The Morgan fingerprint density at radius 3 is 2.65 bits per heavy atom. The molecule has 2 saturated heterocycles. The summed E-state index contributed by atoms with van der Waals surface area (Å²) in [7, 11) is 0. The van der Waals surface area contributed by atoms with Crippen molar-refractivity contribution in [3.63, 3.8) is 0 Å². The normalized spacial score (nSPS) is 25.8. The molecule has 2 fully saturated rings. The van der Waals surface area contributed by atoms with Crippen LogP contribution in [0.15, 0.2) is 18.2 Å². The van der Waals surface area contributed by atoms with Gasteiger partial charge in [0.1, 0.15) is 0 Å². The van der Waals surface area contributed by atoms with E-state index >= 15 is 0 Å². The molecule has 4 nitrogen and oxygen atoms in total. The molecule has 0 unspecified atom stereocenters. The van der Waals surface area contributed by atoms with E-state index in [9.17, 15) is 18.7 Å². The molecule has 0 radical (unpaired) electrons. The number of rotatable bonds is 3. The van der Waals surface area contributed by atoms with Gasteiger partial charge >= 0.3 is 0 Å². The fourth-order valence-corrected chi connectivity index (χ4v) is 3.61. The Bertz CT molecular complexity index is 590. The highest BCUT2D eigenvalue weighted by Crippen LogP contribution is 2.26. The van der Waals surface area contributed by atoms with E-state index in [0.717, 1.165) is 32.0 Å². The molecule has 0 bridgehead atoms. The van der Waals surface area contributed by atoms with Crippen molar-refractivity contribution in [3.05, 3.63) is 35.4 Å². The van der Waals surface area contributed by atoms with E-state index in [2.05, 4.69) is 4.90 Å². The molecule has 2 heterocycles. The molecule has 0 saturated carbocycles. The molecule has 2 aliphatic heterocycles. The highest BCUT2D eigenvalue weighted by molar-refractivity contribution is 5.94. The van der Waals surface area contributed by atoms with E-state index < -0.39 is 23.1 Å². The average Bonchev–Trinajstić information content (AvgIpc) is 3.01. The van der Waals surface area contributed by atoms with Crippen molar-refractivity contribution in [2.24, 2.45) is 0 Å². The summed E-state index contributed by atoms with van der Waals surface area (Å²) in [5.74, 6) is -2.70. The van der Waals surface area contributed by atoms with Gasteiger partial charge in [-0.1, -0.05) is 6.07 Å². The van der Waals surface area contributed by atoms with Crippen LogP contribution in [-0.2, 0) is 0 Å². The lowest BCUT2D eigenvalue weighted by atomic mass is 9.91. The molecule has 0 spiro atoms. The van der Waals surface area contributed by atoms with Gasteiger partial charge in [0.2, 0.25) is 0 Å². The summed E-state index contributed by atoms with van der Waals surface area (Å²) in [5, 5.41) is 10.8. The van der Waals surface area contributed by atoms with Crippen LogP contribution in [0.4, 0.5) is 8.78 Å². The summed E-state index contributed by atoms with van der Waals surface area (Å²) in [4.78, 5) is 16.1. The summed E-state index contributed by atoms with van der Waals surface area (Å²) >= 11 is 0. The number of amides is 1. The Morgan fingerprint density at radius 2 is 1.91 bits per heavy atom. The van der Waals surface area contributed by atoms with Crippen LogP contribution in [0.3, 0.4) is 0 Å². The van der Waals surface area contributed by atoms with Crippen molar-refractivity contribution in [1.82, 2.24) is 9.80 Å². The van der Waals surface area contributed by atoms with Crippen molar-refractivity contribution in [2.75, 3.05) is 32.7 Å². The summed E-state index contributed by atoms with van der Waals surface area (Å²) in [6.45, 7) is 3.08. The second-order valence-electron chi connectivity index (χ2n) is 6.64. The Hall–Kier alpha value is -1.53. The minimum atomic E-state index is -1.12. The van der Waals surface area contributed by atoms with E-state index in [0.29, 0.717) is 25.9 Å². The summed E-state index contributed by atoms with van der Waals surface area (Å²) in [6.07, 6.45) is 3.55. The maximum atomic E-state index is 13.8. The molecule has 1 amide bonds. The van der Waals surface area contributed by atoms with Gasteiger partial charge in [-0.25, -0.2) is 8.78 Å². The highest BCUT2D eigenvalue weighted by atomic mass is 19.2. The third-order valence-electron chi connectivity index (χ3n) is 4.74. The molecule has 2 aliphatic rings. The van der Waals surface area contributed by atoms with Crippen LogP contribution in [-0.4, -0.2) is 59.1 Å². The average molecular weight is 324 g/mol. The number of carbonyl (C=O) groups is 1. The fourth-order valence-electron chi connectivity index (χ4n) is 3.61. The molecule has 1 atom stereocenters. The second-order valence-corrected chi connectivity index (χ2v) is 6.64. The molecule has 6 heteroatoms. The standard InChI is InChI=1S/C17H22F2N2O2/c18-14-6-3-5-13(15(14)19)16(22)21-10-4-7-17(23,12-21)11-20-8-1-2-9-20/h3,5-6,23H,1-2,4,7-12H2/t17-/m0/s1. The van der Waals surface area contributed by atoms with Crippen LogP contribution in [0.5, 0.6) is 0 Å². The van der Waals surface area contributed by atoms with Gasteiger partial charge in [-0.3, -0.25) is 4.79 Å². The maximum absolute atomic E-state index is 13.8. The van der Waals surface area contributed by atoms with Crippen LogP contribution in [0.2, 0.25) is 0 Å². The largest absolute Gasteiger partial charge is 0.387 e. The zero-order chi connectivity index (χ0) is 16.4. The fraction of sp³-hybridized carbons (Fsp3) is 0.588. The first kappa shape index (κ1) is 16.3. The van der Waals surface area contributed by atoms with Crippen LogP contribution < -0.4 is 0 Å². The first-order valence-corrected chi connectivity index (χ1v) is 8.17.